The zero-order valence-electron chi connectivity index (χ0n) is 21.4. The number of carbonyl (C=O) groups excluding carboxylic acids is 2. The lowest BCUT2D eigenvalue weighted by Gasteiger charge is -2.09. The van der Waals surface area contributed by atoms with Gasteiger partial charge in [0.25, 0.3) is 11.8 Å². The van der Waals surface area contributed by atoms with Crippen molar-refractivity contribution in [2.24, 2.45) is 10.9 Å². The molecular weight excluding hydrogens is 575 g/mol. The van der Waals surface area contributed by atoms with Gasteiger partial charge in [-0.25, -0.2) is 11.3 Å². The van der Waals surface area contributed by atoms with Crippen LogP contribution in [0.15, 0.2) is 115 Å². The fourth-order valence-corrected chi connectivity index (χ4v) is 3.13. The van der Waals surface area contributed by atoms with E-state index in [1.807, 2.05) is 60.9 Å². The summed E-state index contributed by atoms with van der Waals surface area (Å²) in [6, 6.07) is 28.6. The monoisotopic (exact) mass is 600 g/mol. The van der Waals surface area contributed by atoms with E-state index in [9.17, 15) is 9.59 Å². The molecule has 4 N–H and O–H groups in total. The molecule has 4 rings (SSSR count). The van der Waals surface area contributed by atoms with Crippen LogP contribution in [0.4, 0.5) is 0 Å². The Balaban J connectivity index is 0.000000235. The average Bonchev–Trinajstić information content (AvgIpc) is 3.00. The Morgan fingerprint density at radius 1 is 0.800 bits per heavy atom. The molecule has 2 amide bonds. The minimum Gasteiger partial charge on any atom is -0.477 e. The molecule has 4 aromatic rings. The van der Waals surface area contributed by atoms with E-state index < -0.39 is 3.79 Å². The van der Waals surface area contributed by atoms with E-state index in [1.165, 1.54) is 6.20 Å². The molecule has 0 radical (unpaired) electrons. The van der Waals surface area contributed by atoms with Crippen molar-refractivity contribution < 1.29 is 14.3 Å². The van der Waals surface area contributed by atoms with Crippen LogP contribution in [0, 0.1) is 0 Å². The maximum absolute atomic E-state index is 11.8. The topological polar surface area (TPSA) is 132 Å². The molecule has 0 unspecified atom stereocenters. The number of benzene rings is 2. The van der Waals surface area contributed by atoms with E-state index in [2.05, 4.69) is 20.5 Å². The molecule has 0 aliphatic rings. The van der Waals surface area contributed by atoms with Crippen LogP contribution in [0.1, 0.15) is 39.0 Å². The second kappa shape index (κ2) is 17.5. The standard InChI is InChI=1S/C15H15N3O2.C7H5Cl3.C6H7N3O/c1-2-20-15(12-8-4-3-5-9-12)18-17-14(19)13-10-6-7-11-16-13;8-7(9,10)6-4-2-1-3-5-6;7-9-6(10)5-3-1-2-4-8-5/h3-11H,2H2,1H3,(H,17,19);1-5H;1-4H,7H2,(H,9,10)/b18-15+;;. The molecular formula is C28H27Cl3N6O3. The third-order valence-corrected chi connectivity index (χ3v) is 5.24. The smallest absolute Gasteiger partial charge is 0.290 e. The third-order valence-electron chi connectivity index (χ3n) is 4.59. The summed E-state index contributed by atoms with van der Waals surface area (Å²) < 4.78 is 4.14. The Kier molecular flexibility index (Phi) is 14.1. The molecule has 2 heterocycles. The van der Waals surface area contributed by atoms with Gasteiger partial charge < -0.3 is 4.74 Å². The van der Waals surface area contributed by atoms with Crippen molar-refractivity contribution >= 4 is 52.5 Å². The van der Waals surface area contributed by atoms with Crippen molar-refractivity contribution in [3.63, 3.8) is 0 Å². The number of alkyl halides is 3. The summed E-state index contributed by atoms with van der Waals surface area (Å²) in [5.41, 5.74) is 6.55. The Morgan fingerprint density at radius 2 is 1.30 bits per heavy atom. The van der Waals surface area contributed by atoms with Crippen molar-refractivity contribution in [1.29, 1.82) is 0 Å². The Morgan fingerprint density at radius 3 is 1.73 bits per heavy atom. The van der Waals surface area contributed by atoms with Crippen LogP contribution in [0.3, 0.4) is 0 Å². The highest BCUT2D eigenvalue weighted by Crippen LogP contribution is 2.37. The molecule has 208 valence electrons. The number of hydrogen-bond donors (Lipinski definition) is 3. The van der Waals surface area contributed by atoms with Crippen LogP contribution >= 0.6 is 34.8 Å². The lowest BCUT2D eigenvalue weighted by Crippen LogP contribution is -2.30. The number of carbonyl (C=O) groups is 2. The van der Waals surface area contributed by atoms with Gasteiger partial charge in [-0.1, -0.05) is 95.5 Å². The van der Waals surface area contributed by atoms with E-state index in [4.69, 9.17) is 45.4 Å². The maximum Gasteiger partial charge on any atom is 0.290 e. The van der Waals surface area contributed by atoms with Crippen molar-refractivity contribution in [3.8, 4) is 0 Å². The zero-order chi connectivity index (χ0) is 29.2. The molecule has 0 aliphatic heterocycles. The molecule has 0 aliphatic carbocycles. The lowest BCUT2D eigenvalue weighted by molar-refractivity contribution is 0.0940. The van der Waals surface area contributed by atoms with Gasteiger partial charge in [-0.3, -0.25) is 25.0 Å². The first kappa shape index (κ1) is 32.2. The number of amides is 2. The number of nitrogen functional groups attached to an aromatic ring is 1. The molecule has 12 heteroatoms. The van der Waals surface area contributed by atoms with Gasteiger partial charge in [0.15, 0.2) is 0 Å². The Bertz CT molecular complexity index is 1330. The van der Waals surface area contributed by atoms with Gasteiger partial charge in [-0.05, 0) is 43.3 Å². The molecule has 0 atom stereocenters. The fourth-order valence-electron chi connectivity index (χ4n) is 2.75. The van der Waals surface area contributed by atoms with E-state index in [-0.39, 0.29) is 11.8 Å². The minimum atomic E-state index is -1.29. The highest BCUT2D eigenvalue weighted by molar-refractivity contribution is 6.66. The lowest BCUT2D eigenvalue weighted by atomic mass is 10.2. The molecule has 2 aromatic carbocycles. The Labute approximate surface area is 247 Å². The molecule has 0 spiro atoms. The van der Waals surface area contributed by atoms with E-state index in [1.54, 1.807) is 54.7 Å². The normalized spacial score (nSPS) is 10.6. The highest BCUT2D eigenvalue weighted by Gasteiger charge is 2.21. The van der Waals surface area contributed by atoms with Crippen molar-refractivity contribution in [2.75, 3.05) is 6.61 Å². The number of nitrogens with two attached hydrogens (primary N) is 1. The largest absolute Gasteiger partial charge is 0.477 e. The molecule has 0 fully saturated rings. The SMILES string of the molecule is CCO/C(=N/NC(=O)c1ccccn1)c1ccccc1.ClC(Cl)(Cl)c1ccccc1.NNC(=O)c1ccccn1. The van der Waals surface area contributed by atoms with Crippen molar-refractivity contribution in [1.82, 2.24) is 20.8 Å². The van der Waals surface area contributed by atoms with E-state index in [0.29, 0.717) is 29.5 Å². The number of hydrogen-bond acceptors (Lipinski definition) is 7. The highest BCUT2D eigenvalue weighted by atomic mass is 35.6. The van der Waals surface area contributed by atoms with Crippen LogP contribution < -0.4 is 16.7 Å². The van der Waals surface area contributed by atoms with Crippen LogP contribution in [0.2, 0.25) is 0 Å². The maximum atomic E-state index is 11.8. The molecule has 2 aromatic heterocycles. The second-order valence-electron chi connectivity index (χ2n) is 7.42. The first-order valence-electron chi connectivity index (χ1n) is 11.8. The number of nitrogens with one attached hydrogen (secondary N) is 2. The summed E-state index contributed by atoms with van der Waals surface area (Å²) in [5, 5.41) is 4.01. The van der Waals surface area contributed by atoms with Gasteiger partial charge in [0.05, 0.1) is 6.61 Å². The first-order valence-corrected chi connectivity index (χ1v) is 12.9. The summed E-state index contributed by atoms with van der Waals surface area (Å²) >= 11 is 16.8. The molecule has 9 nitrogen and oxygen atoms in total. The molecule has 40 heavy (non-hydrogen) atoms. The van der Waals surface area contributed by atoms with Gasteiger partial charge in [-0.15, -0.1) is 5.10 Å². The number of rotatable bonds is 5. The van der Waals surface area contributed by atoms with Gasteiger partial charge in [0.2, 0.25) is 9.69 Å². The predicted molar refractivity (Wildman–Crippen MR) is 158 cm³/mol. The molecule has 0 bridgehead atoms. The van der Waals surface area contributed by atoms with Crippen LogP contribution in [0.25, 0.3) is 0 Å². The average molecular weight is 602 g/mol. The summed E-state index contributed by atoms with van der Waals surface area (Å²) in [4.78, 5) is 30.3. The zero-order valence-corrected chi connectivity index (χ0v) is 23.6. The summed E-state index contributed by atoms with van der Waals surface area (Å²) in [6.07, 6.45) is 3.09. The third kappa shape index (κ3) is 11.8. The van der Waals surface area contributed by atoms with E-state index in [0.717, 1.165) is 5.56 Å². The van der Waals surface area contributed by atoms with Gasteiger partial charge in [0, 0.05) is 23.5 Å². The van der Waals surface area contributed by atoms with Crippen LogP contribution in [0.5, 0.6) is 0 Å². The summed E-state index contributed by atoms with van der Waals surface area (Å²) in [6.45, 7) is 2.33. The van der Waals surface area contributed by atoms with Gasteiger partial charge >= 0.3 is 0 Å². The van der Waals surface area contributed by atoms with Crippen molar-refractivity contribution in [3.05, 3.63) is 132 Å². The Hall–Kier alpha value is -4.02. The number of nitrogens with zero attached hydrogens (tertiary/aromatic N) is 3. The number of ether oxygens (including phenoxy) is 1. The fraction of sp³-hybridized carbons (Fsp3) is 0.107. The summed E-state index contributed by atoms with van der Waals surface area (Å²) in [5.74, 6) is 4.49. The number of aromatic nitrogens is 2. The quantitative estimate of drug-likeness (QED) is 0.0700. The van der Waals surface area contributed by atoms with Crippen LogP contribution in [-0.4, -0.2) is 34.3 Å². The van der Waals surface area contributed by atoms with Gasteiger partial charge in [-0.2, -0.15) is 0 Å². The molecule has 0 saturated heterocycles. The number of halogens is 3. The molecule has 0 saturated carbocycles. The predicted octanol–water partition coefficient (Wildman–Crippen LogP) is 5.41. The van der Waals surface area contributed by atoms with Gasteiger partial charge in [0.1, 0.15) is 11.4 Å². The van der Waals surface area contributed by atoms with Crippen LogP contribution in [-0.2, 0) is 8.53 Å². The number of hydrazine groups is 1. The number of pyridine rings is 2. The second-order valence-corrected chi connectivity index (χ2v) is 9.71. The van der Waals surface area contributed by atoms with E-state index >= 15 is 0 Å². The number of hydrazone groups is 1. The van der Waals surface area contributed by atoms with Crippen molar-refractivity contribution in [2.45, 2.75) is 10.7 Å². The summed E-state index contributed by atoms with van der Waals surface area (Å²) in [7, 11) is 0. The minimum absolute atomic E-state index is 0.306. The first-order chi connectivity index (χ1) is 19.3.